The average molecular weight is 445 g/mol. The summed E-state index contributed by atoms with van der Waals surface area (Å²) in [5, 5.41) is 5.15. The van der Waals surface area contributed by atoms with E-state index in [4.69, 9.17) is 8.94 Å². The van der Waals surface area contributed by atoms with E-state index < -0.39 is 0 Å². The summed E-state index contributed by atoms with van der Waals surface area (Å²) in [4.78, 5) is 21.7. The highest BCUT2D eigenvalue weighted by molar-refractivity contribution is 5.89. The summed E-state index contributed by atoms with van der Waals surface area (Å²) in [6, 6.07) is 12.2. The molecule has 1 aliphatic rings. The van der Waals surface area contributed by atoms with Crippen LogP contribution < -0.4 is 0 Å². The molecule has 1 aliphatic heterocycles. The Kier molecular flexibility index (Phi) is 5.72. The minimum Gasteiger partial charge on any atom is -0.464 e. The van der Waals surface area contributed by atoms with Crippen molar-refractivity contribution in [3.8, 4) is 11.4 Å². The molecule has 1 fully saturated rings. The molecule has 0 unspecified atom stereocenters. The minimum absolute atomic E-state index is 0.134. The summed E-state index contributed by atoms with van der Waals surface area (Å²) in [5.74, 6) is 1.34. The van der Waals surface area contributed by atoms with Crippen molar-refractivity contribution in [2.24, 2.45) is 0 Å². The highest BCUT2D eigenvalue weighted by atomic mass is 16.5. The Labute approximate surface area is 193 Å². The van der Waals surface area contributed by atoms with Crippen LogP contribution in [0.2, 0.25) is 0 Å². The highest BCUT2D eigenvalue weighted by Crippen LogP contribution is 2.27. The number of hydrogen-bond acceptors (Lipinski definition) is 6. The first-order valence-corrected chi connectivity index (χ1v) is 11.3. The van der Waals surface area contributed by atoms with Gasteiger partial charge in [0.2, 0.25) is 17.6 Å². The number of carbonyl (C=O) groups excluding carboxylic acids is 1. The van der Waals surface area contributed by atoms with E-state index in [1.165, 1.54) is 11.1 Å². The lowest BCUT2D eigenvalue weighted by atomic mass is 10.0. The number of amides is 1. The Hall–Kier alpha value is -3.45. The van der Waals surface area contributed by atoms with E-state index in [-0.39, 0.29) is 5.91 Å². The van der Waals surface area contributed by atoms with Gasteiger partial charge in [0.05, 0.1) is 19.2 Å². The lowest BCUT2D eigenvalue weighted by Gasteiger charge is -2.34. The fourth-order valence-corrected chi connectivity index (χ4v) is 4.29. The van der Waals surface area contributed by atoms with Crippen LogP contribution in [0, 0.1) is 20.8 Å². The molecule has 2 aromatic carbocycles. The number of benzene rings is 2. The van der Waals surface area contributed by atoms with Crippen LogP contribution in [-0.4, -0.2) is 52.0 Å². The molecule has 4 aromatic rings. The van der Waals surface area contributed by atoms with Gasteiger partial charge in [-0.05, 0) is 31.9 Å². The molecule has 0 aliphatic carbocycles. The second-order valence-electron chi connectivity index (χ2n) is 8.86. The van der Waals surface area contributed by atoms with E-state index in [1.54, 1.807) is 6.26 Å². The molecule has 170 valence electrons. The molecule has 5 rings (SSSR count). The molecule has 2 aromatic heterocycles. The fourth-order valence-electron chi connectivity index (χ4n) is 4.29. The predicted molar refractivity (Wildman–Crippen MR) is 126 cm³/mol. The quantitative estimate of drug-likeness (QED) is 0.457. The first-order valence-electron chi connectivity index (χ1n) is 11.3. The van der Waals surface area contributed by atoms with Gasteiger partial charge in [0.15, 0.2) is 0 Å². The topological polar surface area (TPSA) is 75.6 Å². The van der Waals surface area contributed by atoms with Gasteiger partial charge in [-0.2, -0.15) is 4.98 Å². The summed E-state index contributed by atoms with van der Waals surface area (Å²) in [6.45, 7) is 9.69. The van der Waals surface area contributed by atoms with E-state index >= 15 is 0 Å². The third kappa shape index (κ3) is 4.41. The molecular formula is C26H28N4O3. The summed E-state index contributed by atoms with van der Waals surface area (Å²) < 4.78 is 11.2. The molecule has 0 saturated carbocycles. The molecule has 0 spiro atoms. The Morgan fingerprint density at radius 1 is 1.00 bits per heavy atom. The number of fused-ring (bicyclic) bond motifs is 1. The van der Waals surface area contributed by atoms with Crippen LogP contribution >= 0.6 is 0 Å². The fraction of sp³-hybridized carbons (Fsp3) is 0.346. The monoisotopic (exact) mass is 444 g/mol. The van der Waals surface area contributed by atoms with Crippen molar-refractivity contribution in [2.75, 3.05) is 26.2 Å². The molecule has 0 atom stereocenters. The van der Waals surface area contributed by atoms with Crippen molar-refractivity contribution in [2.45, 2.75) is 33.7 Å². The first kappa shape index (κ1) is 21.4. The third-order valence-electron chi connectivity index (χ3n) is 6.55. The third-order valence-corrected chi connectivity index (χ3v) is 6.55. The molecule has 33 heavy (non-hydrogen) atoms. The van der Waals surface area contributed by atoms with Crippen molar-refractivity contribution in [1.82, 2.24) is 19.9 Å². The number of rotatable bonds is 5. The minimum atomic E-state index is 0.134. The van der Waals surface area contributed by atoms with Crippen molar-refractivity contribution < 1.29 is 13.7 Å². The van der Waals surface area contributed by atoms with E-state index in [9.17, 15) is 4.79 Å². The number of piperazine rings is 1. The van der Waals surface area contributed by atoms with Gasteiger partial charge < -0.3 is 13.8 Å². The van der Waals surface area contributed by atoms with Gasteiger partial charge in [-0.3, -0.25) is 9.69 Å². The van der Waals surface area contributed by atoms with E-state index in [0.29, 0.717) is 37.8 Å². The van der Waals surface area contributed by atoms with Crippen molar-refractivity contribution in [3.05, 3.63) is 70.8 Å². The Balaban J connectivity index is 1.16. The van der Waals surface area contributed by atoms with Crippen molar-refractivity contribution >= 4 is 16.9 Å². The van der Waals surface area contributed by atoms with Crippen LogP contribution in [0.3, 0.4) is 0 Å². The number of carbonyl (C=O) groups is 1. The van der Waals surface area contributed by atoms with Gasteiger partial charge in [-0.1, -0.05) is 47.1 Å². The van der Waals surface area contributed by atoms with Gasteiger partial charge in [0, 0.05) is 42.7 Å². The number of nitrogens with zero attached hydrogens (tertiary/aromatic N) is 4. The molecule has 7 nitrogen and oxygen atoms in total. The number of aryl methyl sites for hydroxylation is 3. The summed E-state index contributed by atoms with van der Waals surface area (Å²) in [5.41, 5.74) is 6.30. The summed E-state index contributed by atoms with van der Waals surface area (Å²) in [6.07, 6.45) is 2.09. The Morgan fingerprint density at radius 2 is 1.76 bits per heavy atom. The zero-order valence-electron chi connectivity index (χ0n) is 19.3. The molecule has 1 saturated heterocycles. The van der Waals surface area contributed by atoms with E-state index in [1.807, 2.05) is 29.2 Å². The van der Waals surface area contributed by atoms with Crippen LogP contribution in [0.1, 0.15) is 28.1 Å². The molecule has 0 radical (unpaired) electrons. The van der Waals surface area contributed by atoms with Crippen molar-refractivity contribution in [3.63, 3.8) is 0 Å². The lowest BCUT2D eigenvalue weighted by molar-refractivity contribution is -0.132. The summed E-state index contributed by atoms with van der Waals surface area (Å²) in [7, 11) is 0. The Bertz CT molecular complexity index is 1280. The molecule has 3 heterocycles. The van der Waals surface area contributed by atoms with Crippen LogP contribution in [-0.2, 0) is 17.8 Å². The first-order chi connectivity index (χ1) is 16.0. The van der Waals surface area contributed by atoms with E-state index in [2.05, 4.69) is 47.9 Å². The van der Waals surface area contributed by atoms with Gasteiger partial charge in [-0.25, -0.2) is 0 Å². The smallest absolute Gasteiger partial charge is 0.241 e. The van der Waals surface area contributed by atoms with Crippen molar-refractivity contribution in [1.29, 1.82) is 0 Å². The largest absolute Gasteiger partial charge is 0.464 e. The average Bonchev–Trinajstić information content (AvgIpc) is 3.45. The zero-order valence-corrected chi connectivity index (χ0v) is 19.3. The second-order valence-corrected chi connectivity index (χ2v) is 8.86. The van der Waals surface area contributed by atoms with Crippen LogP contribution in [0.5, 0.6) is 0 Å². The van der Waals surface area contributed by atoms with E-state index in [0.717, 1.165) is 40.7 Å². The lowest BCUT2D eigenvalue weighted by Crippen LogP contribution is -2.48. The summed E-state index contributed by atoms with van der Waals surface area (Å²) >= 11 is 0. The van der Waals surface area contributed by atoms with Gasteiger partial charge >= 0.3 is 0 Å². The predicted octanol–water partition coefficient (Wildman–Crippen LogP) is 4.29. The standard InChI is InChI=1S/C26H28N4O3/c1-17-4-7-20(8-5-17)26-27-23(33-28-26)15-29-10-12-30(13-11-29)24(31)14-21-16-32-25-19(3)18(2)6-9-22(21)25/h4-9,16H,10-15H2,1-3H3. The molecular weight excluding hydrogens is 416 g/mol. The maximum atomic E-state index is 12.9. The van der Waals surface area contributed by atoms with Gasteiger partial charge in [0.25, 0.3) is 0 Å². The SMILES string of the molecule is Cc1ccc(-c2noc(CN3CCN(C(=O)Cc4coc5c(C)c(C)ccc45)CC3)n2)cc1. The van der Waals surface area contributed by atoms with Crippen LogP contribution in [0.4, 0.5) is 0 Å². The highest BCUT2D eigenvalue weighted by Gasteiger charge is 2.24. The van der Waals surface area contributed by atoms with Gasteiger partial charge in [-0.15, -0.1) is 0 Å². The zero-order chi connectivity index (χ0) is 22.9. The van der Waals surface area contributed by atoms with Gasteiger partial charge in [0.1, 0.15) is 5.58 Å². The number of furan rings is 1. The number of hydrogen-bond donors (Lipinski definition) is 0. The van der Waals surface area contributed by atoms with Crippen LogP contribution in [0.25, 0.3) is 22.4 Å². The molecule has 0 N–H and O–H groups in total. The number of aromatic nitrogens is 2. The molecule has 1 amide bonds. The Morgan fingerprint density at radius 3 is 2.52 bits per heavy atom. The normalized spacial score (nSPS) is 14.8. The maximum Gasteiger partial charge on any atom is 0.241 e. The maximum absolute atomic E-state index is 12.9. The molecule has 7 heteroatoms. The van der Waals surface area contributed by atoms with Crippen LogP contribution in [0.15, 0.2) is 51.6 Å². The second kappa shape index (κ2) is 8.83. The molecule has 0 bridgehead atoms.